The minimum atomic E-state index is -1.15. The van der Waals surface area contributed by atoms with Gasteiger partial charge in [0.25, 0.3) is 0 Å². The van der Waals surface area contributed by atoms with Gasteiger partial charge in [-0.3, -0.25) is 9.59 Å². The van der Waals surface area contributed by atoms with Crippen LogP contribution in [0.1, 0.15) is 26.2 Å². The average molecular weight is 362 g/mol. The van der Waals surface area contributed by atoms with Gasteiger partial charge in [-0.05, 0) is 31.1 Å². The number of rotatable bonds is 8. The summed E-state index contributed by atoms with van der Waals surface area (Å²) >= 11 is 0. The smallest absolute Gasteiger partial charge is 0.323 e. The highest BCUT2D eigenvalue weighted by Gasteiger charge is 2.57. The Morgan fingerprint density at radius 2 is 2.27 bits per heavy atom. The molecule has 3 atom stereocenters. The molecule has 2 aromatic heterocycles. The average Bonchev–Trinajstić information content (AvgIpc) is 3.07. The molecule has 3 rings (SSSR count). The zero-order valence-electron chi connectivity index (χ0n) is 14.5. The van der Waals surface area contributed by atoms with Crippen LogP contribution in [0.2, 0.25) is 0 Å². The molecule has 140 valence electrons. The van der Waals surface area contributed by atoms with Crippen molar-refractivity contribution < 1.29 is 19.4 Å². The van der Waals surface area contributed by atoms with Crippen molar-refractivity contribution in [3.8, 4) is 0 Å². The summed E-state index contributed by atoms with van der Waals surface area (Å²) in [5, 5.41) is 9.19. The monoisotopic (exact) mass is 362 g/mol. The molecule has 1 aliphatic carbocycles. The maximum atomic E-state index is 11.2. The van der Waals surface area contributed by atoms with E-state index in [0.717, 1.165) is 0 Å². The summed E-state index contributed by atoms with van der Waals surface area (Å²) in [6.07, 6.45) is 4.90. The van der Waals surface area contributed by atoms with Crippen LogP contribution in [0.5, 0.6) is 0 Å². The van der Waals surface area contributed by atoms with Crippen LogP contribution in [0.4, 0.5) is 5.95 Å². The largest absolute Gasteiger partial charge is 0.480 e. The fraction of sp³-hybridized carbons (Fsp3) is 0.562. The fourth-order valence-corrected chi connectivity index (χ4v) is 3.17. The molecule has 0 aromatic carbocycles. The first-order valence-corrected chi connectivity index (χ1v) is 8.38. The second kappa shape index (κ2) is 6.87. The van der Waals surface area contributed by atoms with E-state index in [0.29, 0.717) is 37.0 Å². The molecule has 1 fully saturated rings. The molecule has 1 aliphatic rings. The van der Waals surface area contributed by atoms with Crippen LogP contribution in [-0.2, 0) is 20.9 Å². The predicted octanol–water partition coefficient (Wildman–Crippen LogP) is 0.170. The van der Waals surface area contributed by atoms with Gasteiger partial charge in [-0.2, -0.15) is 4.98 Å². The maximum Gasteiger partial charge on any atom is 0.323 e. The number of carboxylic acid groups (broad SMARTS) is 1. The number of nitrogen functional groups attached to an aromatic ring is 1. The van der Waals surface area contributed by atoms with Gasteiger partial charge in [0, 0.05) is 13.5 Å². The van der Waals surface area contributed by atoms with E-state index in [9.17, 15) is 14.7 Å². The molecule has 5 N–H and O–H groups in total. The van der Waals surface area contributed by atoms with Crippen LogP contribution in [0.3, 0.4) is 0 Å². The summed E-state index contributed by atoms with van der Waals surface area (Å²) in [4.78, 5) is 34.7. The van der Waals surface area contributed by atoms with Crippen LogP contribution in [0.15, 0.2) is 12.5 Å². The molecule has 26 heavy (non-hydrogen) atoms. The molecule has 3 unspecified atom stereocenters. The van der Waals surface area contributed by atoms with Crippen molar-refractivity contribution in [2.45, 2.75) is 38.3 Å². The SMILES string of the molecule is CC(=O)OCC(CCn1cnc2cnc(N)nc21)CC1CC1(N)C(=O)O. The number of imidazole rings is 1. The van der Waals surface area contributed by atoms with E-state index < -0.39 is 11.5 Å². The Hall–Kier alpha value is -2.75. The van der Waals surface area contributed by atoms with Crippen molar-refractivity contribution in [1.29, 1.82) is 0 Å². The molecule has 10 nitrogen and oxygen atoms in total. The molecule has 10 heteroatoms. The van der Waals surface area contributed by atoms with Crippen molar-refractivity contribution in [3.63, 3.8) is 0 Å². The Balaban J connectivity index is 1.66. The fourth-order valence-electron chi connectivity index (χ4n) is 3.17. The lowest BCUT2D eigenvalue weighted by molar-refractivity contribution is -0.143. The van der Waals surface area contributed by atoms with Crippen molar-refractivity contribution in [3.05, 3.63) is 12.5 Å². The van der Waals surface area contributed by atoms with Crippen molar-refractivity contribution in [2.24, 2.45) is 17.6 Å². The van der Waals surface area contributed by atoms with Gasteiger partial charge in [-0.15, -0.1) is 0 Å². The summed E-state index contributed by atoms with van der Waals surface area (Å²) in [6.45, 7) is 2.16. The first kappa shape index (κ1) is 18.1. The van der Waals surface area contributed by atoms with Crippen LogP contribution in [0, 0.1) is 11.8 Å². The summed E-state index contributed by atoms with van der Waals surface area (Å²) in [6, 6.07) is 0. The lowest BCUT2D eigenvalue weighted by Gasteiger charge is -2.18. The van der Waals surface area contributed by atoms with E-state index in [1.165, 1.54) is 6.92 Å². The number of carbonyl (C=O) groups is 2. The highest BCUT2D eigenvalue weighted by Crippen LogP contribution is 2.46. The number of aliphatic carboxylic acids is 1. The van der Waals surface area contributed by atoms with Crippen LogP contribution in [-0.4, -0.2) is 48.7 Å². The molecular formula is C16H22N6O4. The number of aromatic nitrogens is 4. The summed E-state index contributed by atoms with van der Waals surface area (Å²) in [5.74, 6) is -1.30. The Kier molecular flexibility index (Phi) is 4.77. The number of fused-ring (bicyclic) bond motifs is 1. The third kappa shape index (κ3) is 3.74. The molecule has 0 radical (unpaired) electrons. The van der Waals surface area contributed by atoms with Gasteiger partial charge >= 0.3 is 11.9 Å². The number of nitrogens with two attached hydrogens (primary N) is 2. The van der Waals surface area contributed by atoms with Crippen molar-refractivity contribution >= 4 is 29.1 Å². The number of anilines is 1. The third-order valence-electron chi connectivity index (χ3n) is 4.85. The minimum absolute atomic E-state index is 0.00897. The molecule has 0 saturated heterocycles. The van der Waals surface area contributed by atoms with Crippen LogP contribution < -0.4 is 11.5 Å². The number of carbonyl (C=O) groups excluding carboxylic acids is 1. The van der Waals surface area contributed by atoms with Crippen molar-refractivity contribution in [2.75, 3.05) is 12.3 Å². The summed E-state index contributed by atoms with van der Waals surface area (Å²) in [5.41, 5.74) is 11.6. The quantitative estimate of drug-likeness (QED) is 0.556. The minimum Gasteiger partial charge on any atom is -0.480 e. The number of carboxylic acids is 1. The molecule has 0 amide bonds. The maximum absolute atomic E-state index is 11.2. The Bertz CT molecular complexity index is 837. The number of esters is 1. The Morgan fingerprint density at radius 1 is 1.50 bits per heavy atom. The van der Waals surface area contributed by atoms with Gasteiger partial charge in [0.2, 0.25) is 5.95 Å². The first-order valence-electron chi connectivity index (χ1n) is 8.38. The number of hydrogen-bond acceptors (Lipinski definition) is 8. The first-order chi connectivity index (χ1) is 12.3. The predicted molar refractivity (Wildman–Crippen MR) is 91.8 cm³/mol. The topological polar surface area (TPSA) is 159 Å². The van der Waals surface area contributed by atoms with E-state index in [1.807, 2.05) is 4.57 Å². The third-order valence-corrected chi connectivity index (χ3v) is 4.85. The highest BCUT2D eigenvalue weighted by atomic mass is 16.5. The molecule has 1 saturated carbocycles. The van der Waals surface area contributed by atoms with E-state index in [2.05, 4.69) is 15.0 Å². The van der Waals surface area contributed by atoms with Gasteiger partial charge in [0.05, 0.1) is 19.1 Å². The molecule has 2 aromatic rings. The van der Waals surface area contributed by atoms with Crippen molar-refractivity contribution in [1.82, 2.24) is 19.5 Å². The molecular weight excluding hydrogens is 340 g/mol. The number of nitrogens with zero attached hydrogens (tertiary/aromatic N) is 4. The summed E-state index contributed by atoms with van der Waals surface area (Å²) < 4.78 is 7.00. The van der Waals surface area contributed by atoms with E-state index >= 15 is 0 Å². The van der Waals surface area contributed by atoms with E-state index in [-0.39, 0.29) is 30.4 Å². The summed E-state index contributed by atoms with van der Waals surface area (Å²) in [7, 11) is 0. The standard InChI is InChI=1S/C16H22N6O4/c1-9(23)26-7-10(4-11-5-16(11,18)14(24)25)2-3-22-8-20-12-6-19-15(17)21-13(12)22/h6,8,10-11H,2-5,7,18H2,1H3,(H,24,25)(H2,17,19,21). The normalized spacial score (nSPS) is 22.9. The zero-order valence-corrected chi connectivity index (χ0v) is 14.5. The number of hydrogen-bond donors (Lipinski definition) is 3. The van der Waals surface area contributed by atoms with Gasteiger partial charge in [0.1, 0.15) is 11.1 Å². The van der Waals surface area contributed by atoms with E-state index in [4.69, 9.17) is 16.2 Å². The van der Waals surface area contributed by atoms with Crippen LogP contribution in [0.25, 0.3) is 11.2 Å². The lowest BCUT2D eigenvalue weighted by atomic mass is 9.97. The molecule has 2 heterocycles. The molecule has 0 bridgehead atoms. The van der Waals surface area contributed by atoms with Gasteiger partial charge in [0.15, 0.2) is 5.65 Å². The van der Waals surface area contributed by atoms with Crippen LogP contribution >= 0.6 is 0 Å². The van der Waals surface area contributed by atoms with Gasteiger partial charge in [-0.25, -0.2) is 9.97 Å². The zero-order chi connectivity index (χ0) is 18.9. The molecule has 0 spiro atoms. The second-order valence-electron chi connectivity index (χ2n) is 6.81. The van der Waals surface area contributed by atoms with Gasteiger partial charge in [-0.1, -0.05) is 0 Å². The number of aryl methyl sites for hydroxylation is 1. The molecule has 0 aliphatic heterocycles. The Morgan fingerprint density at radius 3 is 2.92 bits per heavy atom. The second-order valence-corrected chi connectivity index (χ2v) is 6.81. The Labute approximate surface area is 149 Å². The van der Waals surface area contributed by atoms with E-state index in [1.54, 1.807) is 12.5 Å². The lowest BCUT2D eigenvalue weighted by Crippen LogP contribution is -2.35. The van der Waals surface area contributed by atoms with Gasteiger partial charge < -0.3 is 25.9 Å². The highest BCUT2D eigenvalue weighted by molar-refractivity contribution is 5.82. The number of ether oxygens (including phenoxy) is 1.